The van der Waals surface area contributed by atoms with Gasteiger partial charge in [-0.3, -0.25) is 0 Å². The average Bonchev–Trinajstić information content (AvgIpc) is 3.03. The molecular formula is C14H19FeNO2+4. The molecule has 0 amide bonds. The molecule has 0 bridgehead atoms. The van der Waals surface area contributed by atoms with Crippen molar-refractivity contribution in [2.75, 3.05) is 6.54 Å². The van der Waals surface area contributed by atoms with Crippen molar-refractivity contribution in [3.8, 4) is 0 Å². The molecular weight excluding hydrogens is 270 g/mol. The van der Waals surface area contributed by atoms with Crippen molar-refractivity contribution >= 4 is 0 Å². The molecule has 2 rings (SSSR count). The smallest absolute Gasteiger partial charge is 0.342 e. The summed E-state index contributed by atoms with van der Waals surface area (Å²) >= 11 is 0. The zero-order valence-corrected chi connectivity index (χ0v) is 11.5. The van der Waals surface area contributed by atoms with Gasteiger partial charge in [-0.05, 0) is 25.4 Å². The maximum Gasteiger partial charge on any atom is 6.00 e. The first-order valence-corrected chi connectivity index (χ1v) is 5.53. The molecule has 18 heavy (non-hydrogen) atoms. The van der Waals surface area contributed by atoms with E-state index in [4.69, 9.17) is 9.30 Å². The van der Waals surface area contributed by atoms with Gasteiger partial charge in [0.2, 0.25) is 0 Å². The van der Waals surface area contributed by atoms with Gasteiger partial charge in [0.1, 0.15) is 0 Å². The van der Waals surface area contributed by atoms with Crippen molar-refractivity contribution in [2.24, 2.45) is 0 Å². The van der Waals surface area contributed by atoms with E-state index >= 15 is 0 Å². The molecule has 1 N–H and O–H groups in total. The molecule has 0 spiro atoms. The predicted molar refractivity (Wildman–Crippen MR) is 65.5 cm³/mol. The quantitative estimate of drug-likeness (QED) is 0.482. The first-order chi connectivity index (χ1) is 8.43. The molecule has 1 aromatic rings. The average molecular weight is 289 g/mol. The van der Waals surface area contributed by atoms with E-state index in [1.165, 1.54) is 25.8 Å². The van der Waals surface area contributed by atoms with Gasteiger partial charge >= 0.3 is 39.7 Å². The van der Waals surface area contributed by atoms with Crippen LogP contribution in [0.3, 0.4) is 0 Å². The van der Waals surface area contributed by atoms with Crippen LogP contribution in [-0.2, 0) is 26.4 Å². The molecule has 1 saturated heterocycles. The molecule has 0 radical (unpaired) electrons. The first kappa shape index (κ1) is 22.5. The Balaban J connectivity index is -0.000000196. The summed E-state index contributed by atoms with van der Waals surface area (Å²) in [7, 11) is 0. The molecule has 1 heterocycles. The van der Waals surface area contributed by atoms with Gasteiger partial charge in [0, 0.05) is 0 Å². The molecule has 1 atom stereocenters. The molecule has 1 aliphatic heterocycles. The molecule has 1 aliphatic rings. The summed E-state index contributed by atoms with van der Waals surface area (Å²) in [6.45, 7) is 14.1. The molecule has 0 saturated carbocycles. The van der Waals surface area contributed by atoms with Gasteiger partial charge in [-0.2, -0.15) is 24.6 Å². The maximum atomic E-state index is 7.50. The standard InChI is InChI=1S/C7H14N.C5H5.2CO.Fe/c1-2-7-5-3-4-6-8-7;1-2-4-5-3-1;2*1-2;/h7-8H,1-6H2;1-5H;;;/q2*-1;;;+6. The Morgan fingerprint density at radius 3 is 1.94 bits per heavy atom. The van der Waals surface area contributed by atoms with Crippen molar-refractivity contribution in [3.63, 3.8) is 0 Å². The van der Waals surface area contributed by atoms with E-state index in [1.807, 2.05) is 30.3 Å². The first-order valence-electron chi connectivity index (χ1n) is 5.53. The second-order valence-corrected chi connectivity index (χ2v) is 3.40. The van der Waals surface area contributed by atoms with Gasteiger partial charge in [-0.25, -0.2) is 12.1 Å². The minimum atomic E-state index is 0. The third-order valence-electron chi connectivity index (χ3n) is 2.32. The minimum absolute atomic E-state index is 0. The Labute approximate surface area is 121 Å². The van der Waals surface area contributed by atoms with E-state index < -0.39 is 0 Å². The van der Waals surface area contributed by atoms with E-state index in [0.717, 1.165) is 12.5 Å². The molecule has 1 fully saturated rings. The molecule has 1 unspecified atom stereocenters. The summed E-state index contributed by atoms with van der Waals surface area (Å²) < 4.78 is 15.0. The summed E-state index contributed by atoms with van der Waals surface area (Å²) in [6.07, 6.45) is 5.15. The van der Waals surface area contributed by atoms with Crippen LogP contribution in [0.15, 0.2) is 30.3 Å². The fourth-order valence-corrected chi connectivity index (χ4v) is 1.49. The van der Waals surface area contributed by atoms with Crippen molar-refractivity contribution in [3.05, 3.63) is 50.6 Å². The summed E-state index contributed by atoms with van der Waals surface area (Å²) in [6, 6.07) is 10.7. The van der Waals surface area contributed by atoms with Gasteiger partial charge in [-0.1, -0.05) is 6.42 Å². The number of piperidine rings is 1. The summed E-state index contributed by atoms with van der Waals surface area (Å²) in [5.74, 6) is 0. The van der Waals surface area contributed by atoms with Crippen LogP contribution < -0.4 is 5.32 Å². The second-order valence-electron chi connectivity index (χ2n) is 3.40. The van der Waals surface area contributed by atoms with Crippen molar-refractivity contribution < 1.29 is 26.4 Å². The van der Waals surface area contributed by atoms with Crippen molar-refractivity contribution in [2.45, 2.75) is 31.7 Å². The van der Waals surface area contributed by atoms with Crippen LogP contribution in [0.4, 0.5) is 0 Å². The SMILES string of the molecule is [C-]#[O+].[C-]#[O+].[CH2-]CC1CCCCN1.[Fe+6].c1cc[cH-]c1. The minimum Gasteiger partial charge on any atom is -0.342 e. The molecule has 3 nitrogen and oxygen atoms in total. The number of hydrogen-bond donors (Lipinski definition) is 1. The van der Waals surface area contributed by atoms with Crippen LogP contribution in [0.25, 0.3) is 0 Å². The van der Waals surface area contributed by atoms with Gasteiger partial charge in [0.05, 0.1) is 0 Å². The Morgan fingerprint density at radius 1 is 1.17 bits per heavy atom. The second kappa shape index (κ2) is 21.6. The molecule has 1 aromatic carbocycles. The Hall–Kier alpha value is -0.691. The van der Waals surface area contributed by atoms with Gasteiger partial charge in [0.15, 0.2) is 0 Å². The topological polar surface area (TPSA) is 51.8 Å². The van der Waals surface area contributed by atoms with Gasteiger partial charge in [-0.15, -0.1) is 0 Å². The largest absolute Gasteiger partial charge is 6.00 e. The summed E-state index contributed by atoms with van der Waals surface area (Å²) in [5.41, 5.74) is 0. The van der Waals surface area contributed by atoms with Crippen LogP contribution >= 0.6 is 0 Å². The van der Waals surface area contributed by atoms with E-state index in [0.29, 0.717) is 0 Å². The number of hydrogen-bond acceptors (Lipinski definition) is 1. The van der Waals surface area contributed by atoms with Crippen molar-refractivity contribution in [1.82, 2.24) is 5.32 Å². The van der Waals surface area contributed by atoms with E-state index in [-0.39, 0.29) is 17.1 Å². The fraction of sp³-hybridized carbons (Fsp3) is 0.429. The van der Waals surface area contributed by atoms with Crippen LogP contribution in [0.5, 0.6) is 0 Å². The molecule has 96 valence electrons. The van der Waals surface area contributed by atoms with Crippen LogP contribution in [-0.4, -0.2) is 12.6 Å². The Kier molecular flexibility index (Phi) is 27.0. The fourth-order valence-electron chi connectivity index (χ4n) is 1.49. The number of rotatable bonds is 1. The molecule has 0 aromatic heterocycles. The maximum absolute atomic E-state index is 7.50. The molecule has 4 heteroatoms. The third-order valence-corrected chi connectivity index (χ3v) is 2.32. The summed E-state index contributed by atoms with van der Waals surface area (Å²) in [5, 5.41) is 3.41. The third kappa shape index (κ3) is 15.3. The van der Waals surface area contributed by atoms with Crippen LogP contribution in [0.1, 0.15) is 25.7 Å². The zero-order valence-electron chi connectivity index (χ0n) is 10.4. The summed E-state index contributed by atoms with van der Waals surface area (Å²) in [4.78, 5) is 0. The van der Waals surface area contributed by atoms with Crippen molar-refractivity contribution in [1.29, 1.82) is 0 Å². The van der Waals surface area contributed by atoms with E-state index in [9.17, 15) is 0 Å². The Bertz CT molecular complexity index is 228. The van der Waals surface area contributed by atoms with Crippen LogP contribution in [0.2, 0.25) is 0 Å². The normalized spacial score (nSPS) is 15.9. The number of nitrogens with one attached hydrogen (secondary N) is 1. The Morgan fingerprint density at radius 2 is 1.72 bits per heavy atom. The van der Waals surface area contributed by atoms with Crippen LogP contribution in [0, 0.1) is 20.2 Å². The molecule has 0 aliphatic carbocycles. The van der Waals surface area contributed by atoms with E-state index in [2.05, 4.69) is 25.5 Å². The zero-order chi connectivity index (χ0) is 13.4. The monoisotopic (exact) mass is 289 g/mol. The predicted octanol–water partition coefficient (Wildman–Crippen LogP) is 2.68. The van der Waals surface area contributed by atoms with E-state index in [1.54, 1.807) is 0 Å². The van der Waals surface area contributed by atoms with Gasteiger partial charge < -0.3 is 12.2 Å². The van der Waals surface area contributed by atoms with Gasteiger partial charge in [0.25, 0.3) is 0 Å².